The van der Waals surface area contributed by atoms with Crippen molar-refractivity contribution in [2.75, 3.05) is 0 Å². The Balaban J connectivity index is 1.31. The molecular formula is C43H27N3O. The third kappa shape index (κ3) is 4.93. The number of fused-ring (bicyclic) bond motifs is 4. The summed E-state index contributed by atoms with van der Waals surface area (Å²) in [6, 6.07) is 56.4. The molecule has 220 valence electrons. The third-order valence-electron chi connectivity index (χ3n) is 8.70. The topological polar surface area (TPSA) is 51.8 Å². The Kier molecular flexibility index (Phi) is 6.43. The van der Waals surface area contributed by atoms with Gasteiger partial charge in [0.25, 0.3) is 0 Å². The number of para-hydroxylation sites is 1. The van der Waals surface area contributed by atoms with Crippen molar-refractivity contribution in [1.29, 1.82) is 0 Å². The standard InChI is InChI=1S/C43H27N3O/c1-3-12-28(13-4-1)32-18-11-19-33(24-32)35-26-37(40-36-20-9-10-21-38(36)47-39(40)27-35)43-45-41(30-15-5-2-6-16-30)44-42(46-43)34-23-22-29-14-7-8-17-31(29)25-34/h1-27H. The van der Waals surface area contributed by atoms with Gasteiger partial charge in [-0.3, -0.25) is 0 Å². The highest BCUT2D eigenvalue weighted by molar-refractivity contribution is 6.13. The molecule has 0 aliphatic heterocycles. The van der Waals surface area contributed by atoms with Crippen molar-refractivity contribution in [3.63, 3.8) is 0 Å². The molecule has 0 spiro atoms. The average molecular weight is 602 g/mol. The van der Waals surface area contributed by atoms with Crippen LogP contribution in [0.5, 0.6) is 0 Å². The number of rotatable bonds is 5. The fourth-order valence-corrected chi connectivity index (χ4v) is 6.38. The third-order valence-corrected chi connectivity index (χ3v) is 8.70. The number of aromatic nitrogens is 3. The van der Waals surface area contributed by atoms with Crippen molar-refractivity contribution >= 4 is 32.7 Å². The maximum Gasteiger partial charge on any atom is 0.164 e. The summed E-state index contributed by atoms with van der Waals surface area (Å²) in [5, 5.41) is 4.32. The number of hydrogen-bond acceptors (Lipinski definition) is 4. The van der Waals surface area contributed by atoms with E-state index in [1.807, 2.05) is 54.6 Å². The molecule has 0 N–H and O–H groups in total. The molecule has 0 amide bonds. The fourth-order valence-electron chi connectivity index (χ4n) is 6.38. The Hall–Kier alpha value is -6.39. The zero-order chi connectivity index (χ0) is 31.2. The van der Waals surface area contributed by atoms with Gasteiger partial charge in [-0.15, -0.1) is 0 Å². The molecule has 0 saturated carbocycles. The van der Waals surface area contributed by atoms with Crippen LogP contribution in [0.15, 0.2) is 168 Å². The summed E-state index contributed by atoms with van der Waals surface area (Å²) in [5.41, 5.74) is 8.81. The van der Waals surface area contributed by atoms with Gasteiger partial charge in [-0.25, -0.2) is 15.0 Å². The molecule has 9 aromatic rings. The molecule has 0 unspecified atom stereocenters. The van der Waals surface area contributed by atoms with Crippen LogP contribution in [-0.2, 0) is 0 Å². The molecule has 0 atom stereocenters. The van der Waals surface area contributed by atoms with Crippen LogP contribution in [0.4, 0.5) is 0 Å². The van der Waals surface area contributed by atoms with Gasteiger partial charge >= 0.3 is 0 Å². The minimum absolute atomic E-state index is 0.597. The van der Waals surface area contributed by atoms with Crippen molar-refractivity contribution in [1.82, 2.24) is 15.0 Å². The van der Waals surface area contributed by atoms with Gasteiger partial charge in [-0.2, -0.15) is 0 Å². The highest BCUT2D eigenvalue weighted by Crippen LogP contribution is 2.40. The fraction of sp³-hybridized carbons (Fsp3) is 0. The average Bonchev–Trinajstić information content (AvgIpc) is 3.53. The Morgan fingerprint density at radius 2 is 0.957 bits per heavy atom. The first kappa shape index (κ1) is 27.0. The smallest absolute Gasteiger partial charge is 0.164 e. The molecule has 0 radical (unpaired) electrons. The van der Waals surface area contributed by atoms with Crippen LogP contribution in [0, 0.1) is 0 Å². The van der Waals surface area contributed by atoms with E-state index in [0.29, 0.717) is 17.5 Å². The number of furan rings is 1. The Morgan fingerprint density at radius 3 is 1.77 bits per heavy atom. The van der Waals surface area contributed by atoms with E-state index in [0.717, 1.165) is 60.7 Å². The highest BCUT2D eigenvalue weighted by Gasteiger charge is 2.20. The first-order valence-corrected chi connectivity index (χ1v) is 15.7. The van der Waals surface area contributed by atoms with Crippen molar-refractivity contribution < 1.29 is 4.42 Å². The molecule has 0 fully saturated rings. The van der Waals surface area contributed by atoms with Crippen molar-refractivity contribution in [3.05, 3.63) is 164 Å². The maximum atomic E-state index is 6.50. The van der Waals surface area contributed by atoms with Crippen LogP contribution in [0.2, 0.25) is 0 Å². The van der Waals surface area contributed by atoms with Gasteiger partial charge in [0.15, 0.2) is 17.5 Å². The predicted octanol–water partition coefficient (Wildman–Crippen LogP) is 11.3. The summed E-state index contributed by atoms with van der Waals surface area (Å²) in [5.74, 6) is 1.84. The molecule has 0 aliphatic rings. The second-order valence-corrected chi connectivity index (χ2v) is 11.7. The number of benzene rings is 7. The minimum atomic E-state index is 0.597. The minimum Gasteiger partial charge on any atom is -0.456 e. The van der Waals surface area contributed by atoms with Crippen LogP contribution in [0.25, 0.3) is 89.1 Å². The monoisotopic (exact) mass is 601 g/mol. The largest absolute Gasteiger partial charge is 0.456 e. The molecule has 0 aliphatic carbocycles. The van der Waals surface area contributed by atoms with E-state index in [1.54, 1.807) is 0 Å². The van der Waals surface area contributed by atoms with Crippen LogP contribution < -0.4 is 0 Å². The molecule has 4 nitrogen and oxygen atoms in total. The summed E-state index contributed by atoms with van der Waals surface area (Å²) < 4.78 is 6.50. The van der Waals surface area contributed by atoms with E-state index in [2.05, 4.69) is 109 Å². The molecule has 0 bridgehead atoms. The van der Waals surface area contributed by atoms with Crippen LogP contribution in [0.3, 0.4) is 0 Å². The molecule has 7 aromatic carbocycles. The van der Waals surface area contributed by atoms with Gasteiger partial charge < -0.3 is 4.42 Å². The molecule has 2 heterocycles. The lowest BCUT2D eigenvalue weighted by atomic mass is 9.95. The number of hydrogen-bond donors (Lipinski definition) is 0. The Bertz CT molecular complexity index is 2570. The van der Waals surface area contributed by atoms with Gasteiger partial charge in [0, 0.05) is 27.5 Å². The van der Waals surface area contributed by atoms with Gasteiger partial charge in [-0.05, 0) is 63.4 Å². The molecular weight excluding hydrogens is 574 g/mol. The van der Waals surface area contributed by atoms with E-state index in [1.165, 1.54) is 10.9 Å². The van der Waals surface area contributed by atoms with E-state index in [-0.39, 0.29) is 0 Å². The lowest BCUT2D eigenvalue weighted by Crippen LogP contribution is -2.00. The van der Waals surface area contributed by atoms with E-state index in [9.17, 15) is 0 Å². The highest BCUT2D eigenvalue weighted by atomic mass is 16.3. The lowest BCUT2D eigenvalue weighted by Gasteiger charge is -2.12. The first-order valence-electron chi connectivity index (χ1n) is 15.7. The summed E-state index contributed by atoms with van der Waals surface area (Å²) in [6.45, 7) is 0. The Morgan fingerprint density at radius 1 is 0.340 bits per heavy atom. The summed E-state index contributed by atoms with van der Waals surface area (Å²) in [4.78, 5) is 15.3. The second-order valence-electron chi connectivity index (χ2n) is 11.7. The molecule has 47 heavy (non-hydrogen) atoms. The van der Waals surface area contributed by atoms with Gasteiger partial charge in [0.2, 0.25) is 0 Å². The molecule has 9 rings (SSSR count). The van der Waals surface area contributed by atoms with E-state index < -0.39 is 0 Å². The van der Waals surface area contributed by atoms with Crippen molar-refractivity contribution in [2.24, 2.45) is 0 Å². The second kappa shape index (κ2) is 11.2. The van der Waals surface area contributed by atoms with Crippen LogP contribution in [-0.4, -0.2) is 15.0 Å². The zero-order valence-electron chi connectivity index (χ0n) is 25.3. The van der Waals surface area contributed by atoms with Crippen LogP contribution in [0.1, 0.15) is 0 Å². The maximum absolute atomic E-state index is 6.50. The zero-order valence-corrected chi connectivity index (χ0v) is 25.3. The summed E-state index contributed by atoms with van der Waals surface area (Å²) >= 11 is 0. The van der Waals surface area contributed by atoms with Gasteiger partial charge in [0.05, 0.1) is 0 Å². The van der Waals surface area contributed by atoms with Gasteiger partial charge in [0.1, 0.15) is 11.2 Å². The van der Waals surface area contributed by atoms with Crippen molar-refractivity contribution in [2.45, 2.75) is 0 Å². The predicted molar refractivity (Wildman–Crippen MR) is 192 cm³/mol. The normalized spacial score (nSPS) is 11.4. The summed E-state index contributed by atoms with van der Waals surface area (Å²) in [6.07, 6.45) is 0. The molecule has 0 saturated heterocycles. The summed E-state index contributed by atoms with van der Waals surface area (Å²) in [7, 11) is 0. The Labute approximate surface area is 271 Å². The molecule has 2 aromatic heterocycles. The first-order chi connectivity index (χ1) is 23.3. The van der Waals surface area contributed by atoms with Crippen LogP contribution >= 0.6 is 0 Å². The lowest BCUT2D eigenvalue weighted by molar-refractivity contribution is 0.669. The van der Waals surface area contributed by atoms with E-state index >= 15 is 0 Å². The molecule has 4 heteroatoms. The van der Waals surface area contributed by atoms with Gasteiger partial charge in [-0.1, -0.05) is 133 Å². The SMILES string of the molecule is c1ccc(-c2cccc(-c3cc(-c4nc(-c5ccccc5)nc(-c5ccc6ccccc6c5)n4)c4c(c3)oc3ccccc34)c2)cc1. The quantitative estimate of drug-likeness (QED) is 0.197. The van der Waals surface area contributed by atoms with E-state index in [4.69, 9.17) is 19.4 Å². The van der Waals surface area contributed by atoms with Crippen molar-refractivity contribution in [3.8, 4) is 56.4 Å². The number of nitrogens with zero attached hydrogens (tertiary/aromatic N) is 3.